The van der Waals surface area contributed by atoms with Crippen LogP contribution in [0.4, 0.5) is 0 Å². The van der Waals surface area contributed by atoms with E-state index in [1.165, 1.54) is 0 Å². The summed E-state index contributed by atoms with van der Waals surface area (Å²) in [5.41, 5.74) is 1.84. The van der Waals surface area contributed by atoms with Gasteiger partial charge in [0.05, 0.1) is 5.56 Å². The molecule has 104 valence electrons. The van der Waals surface area contributed by atoms with E-state index in [9.17, 15) is 0 Å². The number of halogens is 2. The van der Waals surface area contributed by atoms with E-state index in [2.05, 4.69) is 47.0 Å². The van der Waals surface area contributed by atoms with Crippen LogP contribution in [0.2, 0.25) is 0 Å². The summed E-state index contributed by atoms with van der Waals surface area (Å²) in [6.45, 7) is 0. The van der Waals surface area contributed by atoms with Crippen molar-refractivity contribution in [1.29, 1.82) is 0 Å². The van der Waals surface area contributed by atoms with Crippen molar-refractivity contribution in [3.05, 3.63) is 63.1 Å². The van der Waals surface area contributed by atoms with Gasteiger partial charge in [-0.05, 0) is 45.8 Å². The number of pyridine rings is 1. The molecule has 3 rings (SSSR count). The summed E-state index contributed by atoms with van der Waals surface area (Å²) in [5, 5.41) is 8.02. The molecule has 21 heavy (non-hydrogen) atoms. The molecule has 0 saturated heterocycles. The van der Waals surface area contributed by atoms with Gasteiger partial charge in [-0.1, -0.05) is 28.1 Å². The van der Waals surface area contributed by atoms with Crippen molar-refractivity contribution < 1.29 is 4.42 Å². The van der Waals surface area contributed by atoms with Gasteiger partial charge in [0.25, 0.3) is 0 Å². The largest absolute Gasteiger partial charge is 0.417 e. The van der Waals surface area contributed by atoms with Crippen LogP contribution in [-0.4, -0.2) is 15.2 Å². The molecule has 4 nitrogen and oxygen atoms in total. The minimum absolute atomic E-state index is 0.444. The van der Waals surface area contributed by atoms with Crippen LogP contribution in [0.25, 0.3) is 23.6 Å². The highest BCUT2D eigenvalue weighted by Crippen LogP contribution is 2.21. The fraction of sp³-hybridized carbons (Fsp3) is 0. The van der Waals surface area contributed by atoms with Gasteiger partial charge in [0.15, 0.2) is 0 Å². The van der Waals surface area contributed by atoms with Crippen LogP contribution >= 0.6 is 31.9 Å². The maximum atomic E-state index is 5.59. The van der Waals surface area contributed by atoms with E-state index in [-0.39, 0.29) is 0 Å². The minimum atomic E-state index is 0.444. The summed E-state index contributed by atoms with van der Waals surface area (Å²) in [6, 6.07) is 9.83. The van der Waals surface area contributed by atoms with Crippen molar-refractivity contribution in [2.24, 2.45) is 0 Å². The molecule has 2 aromatic heterocycles. The highest BCUT2D eigenvalue weighted by molar-refractivity contribution is 9.10. The number of hydrogen-bond acceptors (Lipinski definition) is 4. The van der Waals surface area contributed by atoms with Crippen molar-refractivity contribution in [1.82, 2.24) is 15.2 Å². The van der Waals surface area contributed by atoms with Gasteiger partial charge in [0.1, 0.15) is 0 Å². The Morgan fingerprint density at radius 1 is 0.905 bits per heavy atom. The Kier molecular flexibility index (Phi) is 4.26. The van der Waals surface area contributed by atoms with Crippen molar-refractivity contribution in [3.8, 4) is 11.5 Å². The first-order valence-electron chi connectivity index (χ1n) is 6.09. The molecule has 0 atom stereocenters. The molecule has 0 saturated carbocycles. The van der Waals surface area contributed by atoms with E-state index < -0.39 is 0 Å². The van der Waals surface area contributed by atoms with Crippen molar-refractivity contribution in [2.75, 3.05) is 0 Å². The molecule has 3 aromatic rings. The molecule has 0 aliphatic carbocycles. The third-order valence-electron chi connectivity index (χ3n) is 2.68. The minimum Gasteiger partial charge on any atom is -0.417 e. The average molecular weight is 407 g/mol. The zero-order chi connectivity index (χ0) is 14.7. The number of benzene rings is 1. The summed E-state index contributed by atoms with van der Waals surface area (Å²) in [7, 11) is 0. The Hall–Kier alpha value is -1.79. The molecular formula is C15H9Br2N3O. The van der Waals surface area contributed by atoms with Gasteiger partial charge >= 0.3 is 0 Å². The zero-order valence-electron chi connectivity index (χ0n) is 10.7. The molecule has 0 aliphatic rings. The van der Waals surface area contributed by atoms with E-state index in [4.69, 9.17) is 4.42 Å². The molecule has 0 aliphatic heterocycles. The topological polar surface area (TPSA) is 51.8 Å². The zero-order valence-corrected chi connectivity index (χ0v) is 13.9. The van der Waals surface area contributed by atoms with Gasteiger partial charge in [-0.15, -0.1) is 10.2 Å². The molecular weight excluding hydrogens is 398 g/mol. The normalized spacial score (nSPS) is 11.1. The molecule has 0 N–H and O–H groups in total. The molecule has 0 amide bonds. The monoisotopic (exact) mass is 405 g/mol. The van der Waals surface area contributed by atoms with E-state index in [1.54, 1.807) is 18.5 Å². The lowest BCUT2D eigenvalue weighted by Gasteiger charge is -1.94. The van der Waals surface area contributed by atoms with Crippen LogP contribution in [0.5, 0.6) is 0 Å². The van der Waals surface area contributed by atoms with Crippen LogP contribution in [0, 0.1) is 0 Å². The summed E-state index contributed by atoms with van der Waals surface area (Å²) in [6.07, 6.45) is 7.09. The molecule has 0 radical (unpaired) electrons. The van der Waals surface area contributed by atoms with E-state index in [0.29, 0.717) is 11.8 Å². The Labute approximate surface area is 138 Å². The first kappa shape index (κ1) is 14.2. The van der Waals surface area contributed by atoms with Crippen molar-refractivity contribution in [3.63, 3.8) is 0 Å². The lowest BCUT2D eigenvalue weighted by atomic mass is 10.2. The second kappa shape index (κ2) is 6.32. The summed E-state index contributed by atoms with van der Waals surface area (Å²) < 4.78 is 7.50. The highest BCUT2D eigenvalue weighted by Gasteiger charge is 2.07. The van der Waals surface area contributed by atoms with Crippen LogP contribution in [0.3, 0.4) is 0 Å². The lowest BCUT2D eigenvalue weighted by molar-refractivity contribution is 0.557. The number of aromatic nitrogens is 3. The third kappa shape index (κ3) is 3.65. The first-order chi connectivity index (χ1) is 10.2. The van der Waals surface area contributed by atoms with E-state index >= 15 is 0 Å². The summed E-state index contributed by atoms with van der Waals surface area (Å²) >= 11 is 6.76. The fourth-order valence-corrected chi connectivity index (χ4v) is 2.32. The summed E-state index contributed by atoms with van der Waals surface area (Å²) in [5.74, 6) is 0.896. The number of rotatable bonds is 3. The molecule has 6 heteroatoms. The maximum absolute atomic E-state index is 5.59. The third-order valence-corrected chi connectivity index (χ3v) is 3.64. The smallest absolute Gasteiger partial charge is 0.249 e. The Morgan fingerprint density at radius 2 is 1.71 bits per heavy atom. The Morgan fingerprint density at radius 3 is 2.48 bits per heavy atom. The van der Waals surface area contributed by atoms with Crippen LogP contribution in [0.1, 0.15) is 11.5 Å². The lowest BCUT2D eigenvalue weighted by Crippen LogP contribution is -1.79. The van der Waals surface area contributed by atoms with Gasteiger partial charge < -0.3 is 4.42 Å². The van der Waals surface area contributed by atoms with Crippen molar-refractivity contribution >= 4 is 44.0 Å². The van der Waals surface area contributed by atoms with Crippen LogP contribution in [0.15, 0.2) is 56.1 Å². The second-order valence-corrected chi connectivity index (χ2v) is 6.05. The van der Waals surface area contributed by atoms with Gasteiger partial charge in [-0.2, -0.15) is 0 Å². The van der Waals surface area contributed by atoms with E-state index in [0.717, 1.165) is 20.1 Å². The molecule has 2 heterocycles. The van der Waals surface area contributed by atoms with Crippen LogP contribution in [-0.2, 0) is 0 Å². The SMILES string of the molecule is Brc1ccc(/C=C/c2nnc(-c3cncc(Br)c3)o2)cc1. The molecule has 0 fully saturated rings. The van der Waals surface area contributed by atoms with E-state index in [1.807, 2.05) is 36.4 Å². The molecule has 0 bridgehead atoms. The standard InChI is InChI=1S/C15H9Br2N3O/c16-12-4-1-10(2-5-12)3-6-14-19-20-15(21-14)11-7-13(17)9-18-8-11/h1-9H/b6-3+. The molecule has 0 unspecified atom stereocenters. The van der Waals surface area contributed by atoms with Gasteiger partial charge in [0, 0.05) is 27.4 Å². The fourth-order valence-electron chi connectivity index (χ4n) is 1.69. The van der Waals surface area contributed by atoms with Crippen LogP contribution < -0.4 is 0 Å². The quantitative estimate of drug-likeness (QED) is 0.625. The van der Waals surface area contributed by atoms with Gasteiger partial charge in [-0.25, -0.2) is 0 Å². The van der Waals surface area contributed by atoms with Gasteiger partial charge in [0.2, 0.25) is 11.8 Å². The average Bonchev–Trinajstić information content (AvgIpc) is 2.96. The Balaban J connectivity index is 1.80. The van der Waals surface area contributed by atoms with Gasteiger partial charge in [-0.3, -0.25) is 4.98 Å². The predicted octanol–water partition coefficient (Wildman–Crippen LogP) is 4.83. The number of nitrogens with zero attached hydrogens (tertiary/aromatic N) is 3. The first-order valence-corrected chi connectivity index (χ1v) is 7.67. The Bertz CT molecular complexity index is 782. The molecule has 1 aromatic carbocycles. The molecule has 0 spiro atoms. The highest BCUT2D eigenvalue weighted by atomic mass is 79.9. The summed E-state index contributed by atoms with van der Waals surface area (Å²) in [4.78, 5) is 4.07. The number of hydrogen-bond donors (Lipinski definition) is 0. The maximum Gasteiger partial charge on any atom is 0.249 e. The second-order valence-electron chi connectivity index (χ2n) is 4.22. The van der Waals surface area contributed by atoms with Crippen molar-refractivity contribution in [2.45, 2.75) is 0 Å². The predicted molar refractivity (Wildman–Crippen MR) is 88.3 cm³/mol.